The molecular weight excluding hydrogens is 412 g/mol. The van der Waals surface area contributed by atoms with Gasteiger partial charge >= 0.3 is 0 Å². The summed E-state index contributed by atoms with van der Waals surface area (Å²) in [7, 11) is 0. The van der Waals surface area contributed by atoms with E-state index >= 15 is 0 Å². The molecule has 156 valence electrons. The molecule has 1 N–H and O–H groups in total. The van der Waals surface area contributed by atoms with Crippen LogP contribution in [0.2, 0.25) is 5.02 Å². The highest BCUT2D eigenvalue weighted by atomic mass is 35.5. The Labute approximate surface area is 185 Å². The molecule has 1 aliphatic carbocycles. The van der Waals surface area contributed by atoms with E-state index < -0.39 is 6.04 Å². The second kappa shape index (κ2) is 7.75. The second-order valence-electron chi connectivity index (χ2n) is 7.92. The molecule has 2 heterocycles. The SMILES string of the molecule is CC(=O)N1c2ccccc2NC2=C(C(=O)C[C@H](c3ccco3)C2)[C@H]1c1ccc(Cl)cc1. The number of nitrogens with zero attached hydrogens (tertiary/aromatic N) is 1. The number of benzene rings is 2. The first-order valence-corrected chi connectivity index (χ1v) is 10.6. The molecule has 31 heavy (non-hydrogen) atoms. The van der Waals surface area contributed by atoms with Crippen molar-refractivity contribution in [1.82, 2.24) is 0 Å². The van der Waals surface area contributed by atoms with Gasteiger partial charge in [-0.2, -0.15) is 0 Å². The number of carbonyl (C=O) groups is 2. The quantitative estimate of drug-likeness (QED) is 0.551. The van der Waals surface area contributed by atoms with Crippen LogP contribution in [0.4, 0.5) is 11.4 Å². The van der Waals surface area contributed by atoms with Crippen LogP contribution in [-0.2, 0) is 9.59 Å². The average molecular weight is 433 g/mol. The summed E-state index contributed by atoms with van der Waals surface area (Å²) in [5.41, 5.74) is 3.84. The first kappa shape index (κ1) is 19.6. The van der Waals surface area contributed by atoms with Crippen LogP contribution in [0.3, 0.4) is 0 Å². The lowest BCUT2D eigenvalue weighted by atomic mass is 9.80. The zero-order valence-corrected chi connectivity index (χ0v) is 17.7. The molecule has 2 atom stereocenters. The third-order valence-corrected chi connectivity index (χ3v) is 6.21. The first-order valence-electron chi connectivity index (χ1n) is 10.2. The van der Waals surface area contributed by atoms with Crippen LogP contribution in [0.1, 0.15) is 43.0 Å². The Morgan fingerprint density at radius 3 is 2.55 bits per heavy atom. The fourth-order valence-corrected chi connectivity index (χ4v) is 4.75. The summed E-state index contributed by atoms with van der Waals surface area (Å²) >= 11 is 6.12. The van der Waals surface area contributed by atoms with E-state index in [2.05, 4.69) is 5.32 Å². The Balaban J connectivity index is 1.72. The van der Waals surface area contributed by atoms with E-state index in [1.54, 1.807) is 23.3 Å². The number of Topliss-reactive ketones (excluding diaryl/α,β-unsaturated/α-hetero) is 1. The number of ketones is 1. The van der Waals surface area contributed by atoms with Gasteiger partial charge in [0.2, 0.25) is 5.91 Å². The number of nitrogens with one attached hydrogen (secondary N) is 1. The molecular formula is C25H21ClN2O3. The number of carbonyl (C=O) groups excluding carboxylic acids is 2. The number of halogens is 1. The van der Waals surface area contributed by atoms with E-state index in [4.69, 9.17) is 16.0 Å². The van der Waals surface area contributed by atoms with Crippen molar-refractivity contribution in [1.29, 1.82) is 0 Å². The van der Waals surface area contributed by atoms with Gasteiger partial charge in [0.05, 0.1) is 23.7 Å². The number of amides is 1. The Kier molecular flexibility index (Phi) is 4.91. The average Bonchev–Trinajstić information content (AvgIpc) is 3.24. The molecule has 2 aromatic carbocycles. The highest BCUT2D eigenvalue weighted by Gasteiger charge is 2.41. The van der Waals surface area contributed by atoms with E-state index in [1.165, 1.54) is 6.92 Å². The predicted molar refractivity (Wildman–Crippen MR) is 120 cm³/mol. The van der Waals surface area contributed by atoms with Gasteiger partial charge in [-0.25, -0.2) is 0 Å². The van der Waals surface area contributed by atoms with Gasteiger partial charge in [-0.05, 0) is 48.4 Å². The molecule has 1 aliphatic heterocycles. The minimum Gasteiger partial charge on any atom is -0.469 e. The van der Waals surface area contributed by atoms with Crippen molar-refractivity contribution in [2.75, 3.05) is 10.2 Å². The Morgan fingerprint density at radius 2 is 1.84 bits per heavy atom. The molecule has 0 saturated carbocycles. The third kappa shape index (κ3) is 3.45. The number of hydrogen-bond donors (Lipinski definition) is 1. The van der Waals surface area contributed by atoms with Crippen LogP contribution in [0.15, 0.2) is 82.6 Å². The van der Waals surface area contributed by atoms with Gasteiger partial charge in [-0.15, -0.1) is 0 Å². The molecule has 1 amide bonds. The zero-order chi connectivity index (χ0) is 21.5. The van der Waals surface area contributed by atoms with Crippen molar-refractivity contribution in [3.05, 3.63) is 94.5 Å². The highest BCUT2D eigenvalue weighted by molar-refractivity contribution is 6.30. The predicted octanol–water partition coefficient (Wildman–Crippen LogP) is 5.85. The Bertz CT molecular complexity index is 1180. The first-order chi connectivity index (χ1) is 15.0. The Morgan fingerprint density at radius 1 is 1.06 bits per heavy atom. The number of fused-ring (bicyclic) bond motifs is 1. The lowest BCUT2D eigenvalue weighted by Gasteiger charge is -2.34. The second-order valence-corrected chi connectivity index (χ2v) is 8.36. The molecule has 1 aromatic heterocycles. The molecule has 5 rings (SSSR count). The fourth-order valence-electron chi connectivity index (χ4n) is 4.62. The summed E-state index contributed by atoms with van der Waals surface area (Å²) in [6, 6.07) is 18.2. The van der Waals surface area contributed by atoms with E-state index in [0.29, 0.717) is 23.4 Å². The zero-order valence-electron chi connectivity index (χ0n) is 17.0. The normalized spacial score (nSPS) is 20.6. The van der Waals surface area contributed by atoms with E-state index in [-0.39, 0.29) is 17.6 Å². The summed E-state index contributed by atoms with van der Waals surface area (Å²) < 4.78 is 5.60. The highest BCUT2D eigenvalue weighted by Crippen LogP contribution is 2.47. The molecule has 0 saturated heterocycles. The van der Waals surface area contributed by atoms with Gasteiger partial charge in [0.1, 0.15) is 5.76 Å². The molecule has 6 heteroatoms. The van der Waals surface area contributed by atoms with Crippen molar-refractivity contribution in [2.45, 2.75) is 31.7 Å². The van der Waals surface area contributed by atoms with Crippen LogP contribution >= 0.6 is 11.6 Å². The van der Waals surface area contributed by atoms with Gasteiger partial charge in [0.15, 0.2) is 5.78 Å². The minimum absolute atomic E-state index is 0.00848. The molecule has 5 nitrogen and oxygen atoms in total. The monoisotopic (exact) mass is 432 g/mol. The number of anilines is 2. The van der Waals surface area contributed by atoms with Gasteiger partial charge in [0.25, 0.3) is 0 Å². The molecule has 0 spiro atoms. The van der Waals surface area contributed by atoms with Crippen LogP contribution in [0, 0.1) is 0 Å². The maximum atomic E-state index is 13.6. The molecule has 0 bridgehead atoms. The van der Waals surface area contributed by atoms with Crippen molar-refractivity contribution < 1.29 is 14.0 Å². The summed E-state index contributed by atoms with van der Waals surface area (Å²) in [5.74, 6) is 0.624. The van der Waals surface area contributed by atoms with Crippen molar-refractivity contribution in [2.24, 2.45) is 0 Å². The standard InChI is InChI=1S/C25H21ClN2O3/c1-15(29)28-21-6-3-2-5-19(21)27-20-13-17(23-7-4-12-31-23)14-22(30)24(20)25(28)16-8-10-18(26)11-9-16/h2-12,17,25,27H,13-14H2,1H3/t17-,25-/m1/s1. The number of para-hydroxylation sites is 2. The number of hydrogen-bond acceptors (Lipinski definition) is 4. The number of furan rings is 1. The molecule has 0 radical (unpaired) electrons. The summed E-state index contributed by atoms with van der Waals surface area (Å²) in [5, 5.41) is 4.08. The molecule has 0 unspecified atom stereocenters. The number of rotatable bonds is 2. The maximum absolute atomic E-state index is 13.6. The molecule has 2 aliphatic rings. The van der Waals surface area contributed by atoms with Crippen molar-refractivity contribution in [3.8, 4) is 0 Å². The largest absolute Gasteiger partial charge is 0.469 e. The summed E-state index contributed by atoms with van der Waals surface area (Å²) in [4.78, 5) is 28.2. The smallest absolute Gasteiger partial charge is 0.224 e. The number of allylic oxidation sites excluding steroid dienone is 1. The minimum atomic E-state index is -0.536. The molecule has 3 aromatic rings. The summed E-state index contributed by atoms with van der Waals surface area (Å²) in [6.45, 7) is 1.53. The molecule has 0 fully saturated rings. The van der Waals surface area contributed by atoms with Gasteiger partial charge in [0, 0.05) is 35.6 Å². The van der Waals surface area contributed by atoms with Gasteiger partial charge in [-0.3, -0.25) is 14.5 Å². The lowest BCUT2D eigenvalue weighted by Crippen LogP contribution is -2.37. The third-order valence-electron chi connectivity index (χ3n) is 5.96. The maximum Gasteiger partial charge on any atom is 0.224 e. The van der Waals surface area contributed by atoms with Gasteiger partial charge < -0.3 is 9.73 Å². The van der Waals surface area contributed by atoms with E-state index in [1.807, 2.05) is 48.5 Å². The fraction of sp³-hybridized carbons (Fsp3) is 0.200. The van der Waals surface area contributed by atoms with E-state index in [9.17, 15) is 9.59 Å². The summed E-state index contributed by atoms with van der Waals surface area (Å²) in [6.07, 6.45) is 2.59. The Hall–Kier alpha value is -3.31. The van der Waals surface area contributed by atoms with Crippen LogP contribution in [-0.4, -0.2) is 11.7 Å². The van der Waals surface area contributed by atoms with Crippen LogP contribution in [0.5, 0.6) is 0 Å². The lowest BCUT2D eigenvalue weighted by molar-refractivity contribution is -0.117. The van der Waals surface area contributed by atoms with Crippen molar-refractivity contribution in [3.63, 3.8) is 0 Å². The van der Waals surface area contributed by atoms with Gasteiger partial charge in [-0.1, -0.05) is 35.9 Å². The van der Waals surface area contributed by atoms with Crippen molar-refractivity contribution >= 4 is 34.7 Å². The van der Waals surface area contributed by atoms with Crippen LogP contribution < -0.4 is 10.2 Å². The van der Waals surface area contributed by atoms with E-state index in [0.717, 1.165) is 28.4 Å². The van der Waals surface area contributed by atoms with Crippen LogP contribution in [0.25, 0.3) is 0 Å². The topological polar surface area (TPSA) is 62.6 Å².